The van der Waals surface area contributed by atoms with Gasteiger partial charge < -0.3 is 0 Å². The van der Waals surface area contributed by atoms with Gasteiger partial charge in [0.2, 0.25) is 0 Å². The topological polar surface area (TPSA) is 64.5 Å². The van der Waals surface area contributed by atoms with Gasteiger partial charge in [-0.2, -0.15) is 0 Å². The van der Waals surface area contributed by atoms with Crippen LogP contribution in [0.5, 0.6) is 0 Å². The third-order valence-corrected chi connectivity index (χ3v) is 8.46. The highest BCUT2D eigenvalue weighted by atomic mass is 14.9. The van der Waals surface area contributed by atoms with Crippen molar-refractivity contribution in [3.8, 4) is 56.3 Å². The summed E-state index contributed by atoms with van der Waals surface area (Å²) in [5.41, 5.74) is 11.1. The van der Waals surface area contributed by atoms with E-state index >= 15 is 0 Å². The highest BCUT2D eigenvalue weighted by Crippen LogP contribution is 2.48. The lowest BCUT2D eigenvalue weighted by molar-refractivity contribution is 0.636. The van der Waals surface area contributed by atoms with Crippen molar-refractivity contribution < 1.29 is 0 Å². The molecule has 43 heavy (non-hydrogen) atoms. The van der Waals surface area contributed by atoms with Crippen LogP contribution in [0, 0.1) is 0 Å². The first-order valence-electron chi connectivity index (χ1n) is 14.4. The number of benzene rings is 3. The van der Waals surface area contributed by atoms with Gasteiger partial charge in [0, 0.05) is 58.0 Å². The van der Waals surface area contributed by atoms with E-state index in [1.807, 2.05) is 48.9 Å². The van der Waals surface area contributed by atoms with Crippen LogP contribution in [0.3, 0.4) is 0 Å². The van der Waals surface area contributed by atoms with Gasteiger partial charge >= 0.3 is 0 Å². The second-order valence-electron chi connectivity index (χ2n) is 11.4. The lowest BCUT2D eigenvalue weighted by Gasteiger charge is -2.20. The number of hydrogen-bond acceptors (Lipinski definition) is 5. The SMILES string of the molecule is CC1(C)c2ccccc2-c2cnc(-c3ccc(-c4cc(-c5ccccn5)cc(-c5cccnc5)n4)c4ccccc34)nc21. The van der Waals surface area contributed by atoms with Crippen molar-refractivity contribution in [3.05, 3.63) is 139 Å². The number of pyridine rings is 3. The minimum atomic E-state index is -0.197. The standard InChI is InChI=1S/C38H27N5/c1-38(2)32-14-6-5-13-28(32)31-23-41-37(43-36(31)38)30-17-16-29(26-11-3-4-12-27(26)30)35-21-25(33-15-7-8-19-40-33)20-34(42-35)24-10-9-18-39-22-24/h3-23H,1-2H3. The van der Waals surface area contributed by atoms with Gasteiger partial charge in [-0.05, 0) is 64.4 Å². The molecule has 1 aliphatic carbocycles. The smallest absolute Gasteiger partial charge is 0.160 e. The molecule has 0 saturated carbocycles. The summed E-state index contributed by atoms with van der Waals surface area (Å²) in [5.74, 6) is 0.730. The van der Waals surface area contributed by atoms with Crippen LogP contribution >= 0.6 is 0 Å². The van der Waals surface area contributed by atoms with Crippen molar-refractivity contribution >= 4 is 10.8 Å². The number of aromatic nitrogens is 5. The Morgan fingerprint density at radius 2 is 1.28 bits per heavy atom. The molecule has 204 valence electrons. The molecule has 1 aliphatic rings. The van der Waals surface area contributed by atoms with Gasteiger partial charge in [0.25, 0.3) is 0 Å². The van der Waals surface area contributed by atoms with Gasteiger partial charge in [-0.25, -0.2) is 15.0 Å². The molecule has 5 nitrogen and oxygen atoms in total. The number of hydrogen-bond donors (Lipinski definition) is 0. The highest BCUT2D eigenvalue weighted by molar-refractivity contribution is 6.04. The van der Waals surface area contributed by atoms with Crippen LogP contribution in [0.2, 0.25) is 0 Å². The summed E-state index contributed by atoms with van der Waals surface area (Å²) < 4.78 is 0. The summed E-state index contributed by atoms with van der Waals surface area (Å²) in [5, 5.41) is 2.18. The molecule has 0 radical (unpaired) electrons. The first-order valence-corrected chi connectivity index (χ1v) is 14.4. The fourth-order valence-electron chi connectivity index (χ4n) is 6.31. The van der Waals surface area contributed by atoms with E-state index in [-0.39, 0.29) is 5.41 Å². The molecule has 4 aromatic heterocycles. The van der Waals surface area contributed by atoms with Crippen molar-refractivity contribution in [2.45, 2.75) is 19.3 Å². The summed E-state index contributed by atoms with van der Waals surface area (Å²) in [6, 6.07) is 35.4. The van der Waals surface area contributed by atoms with E-state index in [2.05, 4.69) is 96.6 Å². The number of nitrogens with zero attached hydrogens (tertiary/aromatic N) is 5. The number of fused-ring (bicyclic) bond motifs is 4. The molecule has 0 amide bonds. The molecule has 0 aliphatic heterocycles. The zero-order valence-corrected chi connectivity index (χ0v) is 23.9. The Morgan fingerprint density at radius 3 is 2.09 bits per heavy atom. The van der Waals surface area contributed by atoms with E-state index in [1.54, 1.807) is 6.20 Å². The van der Waals surface area contributed by atoms with Gasteiger partial charge in [0.05, 0.1) is 22.8 Å². The quantitative estimate of drug-likeness (QED) is 0.218. The molecule has 0 bridgehead atoms. The molecule has 4 heterocycles. The van der Waals surface area contributed by atoms with E-state index in [0.29, 0.717) is 0 Å². The van der Waals surface area contributed by atoms with Crippen LogP contribution in [0.15, 0.2) is 128 Å². The first kappa shape index (κ1) is 25.2. The van der Waals surface area contributed by atoms with E-state index in [9.17, 15) is 0 Å². The normalized spacial score (nSPS) is 13.1. The Bertz CT molecular complexity index is 2100. The Kier molecular flexibility index (Phi) is 5.73. The molecule has 3 aromatic carbocycles. The van der Waals surface area contributed by atoms with E-state index in [4.69, 9.17) is 15.0 Å². The molecule has 0 saturated heterocycles. The van der Waals surface area contributed by atoms with Crippen LogP contribution in [-0.2, 0) is 5.41 Å². The summed E-state index contributed by atoms with van der Waals surface area (Å²) >= 11 is 0. The Labute approximate surface area is 250 Å². The average molecular weight is 554 g/mol. The second-order valence-corrected chi connectivity index (χ2v) is 11.4. The average Bonchev–Trinajstić information content (AvgIpc) is 3.30. The first-order chi connectivity index (χ1) is 21.1. The van der Waals surface area contributed by atoms with Crippen LogP contribution in [0.1, 0.15) is 25.1 Å². The van der Waals surface area contributed by atoms with Crippen LogP contribution < -0.4 is 0 Å². The van der Waals surface area contributed by atoms with Gasteiger partial charge in [-0.3, -0.25) is 9.97 Å². The van der Waals surface area contributed by atoms with Crippen molar-refractivity contribution in [1.82, 2.24) is 24.9 Å². The predicted octanol–water partition coefficient (Wildman–Crippen LogP) is 8.79. The molecule has 0 atom stereocenters. The van der Waals surface area contributed by atoms with Crippen LogP contribution in [0.4, 0.5) is 0 Å². The fourth-order valence-corrected chi connectivity index (χ4v) is 6.31. The maximum absolute atomic E-state index is 5.21. The van der Waals surface area contributed by atoms with Crippen molar-refractivity contribution in [3.63, 3.8) is 0 Å². The zero-order chi connectivity index (χ0) is 29.0. The highest BCUT2D eigenvalue weighted by Gasteiger charge is 2.37. The third-order valence-electron chi connectivity index (χ3n) is 8.46. The molecular formula is C38H27N5. The maximum atomic E-state index is 5.21. The van der Waals surface area contributed by atoms with E-state index in [1.165, 1.54) is 11.1 Å². The molecule has 0 fully saturated rings. The van der Waals surface area contributed by atoms with E-state index < -0.39 is 0 Å². The second kappa shape index (κ2) is 9.78. The summed E-state index contributed by atoms with van der Waals surface area (Å²) in [4.78, 5) is 24.2. The van der Waals surface area contributed by atoms with Crippen molar-refractivity contribution in [2.24, 2.45) is 0 Å². The van der Waals surface area contributed by atoms with Crippen LogP contribution in [-0.4, -0.2) is 24.9 Å². The molecule has 5 heteroatoms. The summed E-state index contributed by atoms with van der Waals surface area (Å²) in [6.07, 6.45) is 7.44. The molecular weight excluding hydrogens is 526 g/mol. The lowest BCUT2D eigenvalue weighted by atomic mass is 9.85. The molecule has 0 unspecified atom stereocenters. The monoisotopic (exact) mass is 553 g/mol. The Hall–Kier alpha value is -5.55. The minimum absolute atomic E-state index is 0.197. The third kappa shape index (κ3) is 4.12. The Balaban J connectivity index is 1.30. The summed E-state index contributed by atoms with van der Waals surface area (Å²) in [6.45, 7) is 4.49. The summed E-state index contributed by atoms with van der Waals surface area (Å²) in [7, 11) is 0. The van der Waals surface area contributed by atoms with Crippen molar-refractivity contribution in [1.29, 1.82) is 0 Å². The zero-order valence-electron chi connectivity index (χ0n) is 23.9. The van der Waals surface area contributed by atoms with Gasteiger partial charge in [-0.1, -0.05) is 74.5 Å². The number of rotatable bonds is 4. The maximum Gasteiger partial charge on any atom is 0.160 e. The molecule has 7 aromatic rings. The molecule has 0 N–H and O–H groups in total. The molecule has 8 rings (SSSR count). The molecule has 0 spiro atoms. The lowest BCUT2D eigenvalue weighted by Crippen LogP contribution is -2.17. The van der Waals surface area contributed by atoms with Gasteiger partial charge in [-0.15, -0.1) is 0 Å². The van der Waals surface area contributed by atoms with Crippen molar-refractivity contribution in [2.75, 3.05) is 0 Å². The fraction of sp³-hybridized carbons (Fsp3) is 0.0789. The van der Waals surface area contributed by atoms with Gasteiger partial charge in [0.1, 0.15) is 0 Å². The van der Waals surface area contributed by atoms with Crippen LogP contribution in [0.25, 0.3) is 67.1 Å². The largest absolute Gasteiger partial charge is 0.264 e. The predicted molar refractivity (Wildman–Crippen MR) is 172 cm³/mol. The van der Waals surface area contributed by atoms with Gasteiger partial charge in [0.15, 0.2) is 5.82 Å². The minimum Gasteiger partial charge on any atom is -0.264 e. The van der Waals surface area contributed by atoms with E-state index in [0.717, 1.165) is 67.2 Å². The Morgan fingerprint density at radius 1 is 0.512 bits per heavy atom.